The Morgan fingerprint density at radius 1 is 1.23 bits per heavy atom. The molecule has 1 heterocycles. The lowest BCUT2D eigenvalue weighted by Crippen LogP contribution is -2.43. The molecule has 1 aliphatic heterocycles. The molecular formula is C18H28N2O5S. The van der Waals surface area contributed by atoms with Gasteiger partial charge in [0.1, 0.15) is 5.75 Å². The number of piperidine rings is 1. The minimum absolute atomic E-state index is 0.000724. The Bertz CT molecular complexity index is 667. The van der Waals surface area contributed by atoms with E-state index in [0.717, 1.165) is 6.42 Å². The molecule has 1 saturated heterocycles. The topological polar surface area (TPSA) is 84.9 Å². The lowest BCUT2D eigenvalue weighted by atomic mass is 9.97. The van der Waals surface area contributed by atoms with E-state index in [-0.39, 0.29) is 16.7 Å². The molecule has 7 nitrogen and oxygen atoms in total. The SMILES string of the molecule is CCOc1ccc(S(=O)(=O)N2CCC(C(=O)NCCCOC)CC2)cc1. The van der Waals surface area contributed by atoms with Gasteiger partial charge in [-0.05, 0) is 50.5 Å². The van der Waals surface area contributed by atoms with Crippen LogP contribution in [0.1, 0.15) is 26.2 Å². The summed E-state index contributed by atoms with van der Waals surface area (Å²) in [5, 5.41) is 2.89. The Morgan fingerprint density at radius 3 is 2.46 bits per heavy atom. The Balaban J connectivity index is 1.88. The van der Waals surface area contributed by atoms with Crippen molar-refractivity contribution in [2.45, 2.75) is 31.1 Å². The third-order valence-electron chi connectivity index (χ3n) is 4.42. The first kappa shape index (κ1) is 20.7. The van der Waals surface area contributed by atoms with Crippen LogP contribution in [0.15, 0.2) is 29.2 Å². The number of hydrogen-bond donors (Lipinski definition) is 1. The van der Waals surface area contributed by atoms with Gasteiger partial charge in [-0.3, -0.25) is 4.79 Å². The number of nitrogens with zero attached hydrogens (tertiary/aromatic N) is 1. The second-order valence-electron chi connectivity index (χ2n) is 6.22. The zero-order chi connectivity index (χ0) is 19.0. The summed E-state index contributed by atoms with van der Waals surface area (Å²) in [6, 6.07) is 6.46. The summed E-state index contributed by atoms with van der Waals surface area (Å²) in [7, 11) is -1.91. The van der Waals surface area contributed by atoms with Gasteiger partial charge in [0.2, 0.25) is 15.9 Å². The van der Waals surface area contributed by atoms with Gasteiger partial charge < -0.3 is 14.8 Å². The fraction of sp³-hybridized carbons (Fsp3) is 0.611. The number of sulfonamides is 1. The second kappa shape index (κ2) is 9.89. The summed E-state index contributed by atoms with van der Waals surface area (Å²) in [4.78, 5) is 12.4. The number of nitrogens with one attached hydrogen (secondary N) is 1. The third kappa shape index (κ3) is 5.43. The minimum atomic E-state index is -3.54. The van der Waals surface area contributed by atoms with Crippen molar-refractivity contribution in [3.63, 3.8) is 0 Å². The van der Waals surface area contributed by atoms with Crippen molar-refractivity contribution in [3.05, 3.63) is 24.3 Å². The molecule has 0 spiro atoms. The smallest absolute Gasteiger partial charge is 0.243 e. The van der Waals surface area contributed by atoms with Gasteiger partial charge in [-0.1, -0.05) is 0 Å². The van der Waals surface area contributed by atoms with Gasteiger partial charge in [-0.2, -0.15) is 4.31 Å². The number of methoxy groups -OCH3 is 1. The Hall–Kier alpha value is -1.64. The van der Waals surface area contributed by atoms with Crippen molar-refractivity contribution in [2.75, 3.05) is 40.0 Å². The molecule has 1 aromatic carbocycles. The predicted octanol–water partition coefficient (Wildman–Crippen LogP) is 1.64. The van der Waals surface area contributed by atoms with Gasteiger partial charge in [0.25, 0.3) is 0 Å². The van der Waals surface area contributed by atoms with Gasteiger partial charge in [-0.25, -0.2) is 8.42 Å². The molecule has 0 saturated carbocycles. The van der Waals surface area contributed by atoms with E-state index >= 15 is 0 Å². The van der Waals surface area contributed by atoms with E-state index in [1.165, 1.54) is 4.31 Å². The number of hydrogen-bond acceptors (Lipinski definition) is 5. The first-order chi connectivity index (χ1) is 12.5. The molecule has 0 unspecified atom stereocenters. The van der Waals surface area contributed by atoms with E-state index in [2.05, 4.69) is 5.32 Å². The van der Waals surface area contributed by atoms with Crippen molar-refractivity contribution >= 4 is 15.9 Å². The number of carbonyl (C=O) groups excluding carboxylic acids is 1. The molecule has 0 radical (unpaired) electrons. The van der Waals surface area contributed by atoms with Gasteiger partial charge in [-0.15, -0.1) is 0 Å². The highest BCUT2D eigenvalue weighted by molar-refractivity contribution is 7.89. The van der Waals surface area contributed by atoms with Crippen molar-refractivity contribution in [1.82, 2.24) is 9.62 Å². The molecule has 1 aliphatic rings. The molecule has 0 aliphatic carbocycles. The highest BCUT2D eigenvalue weighted by Crippen LogP contribution is 2.25. The molecule has 0 bridgehead atoms. The van der Waals surface area contributed by atoms with Crippen LogP contribution >= 0.6 is 0 Å². The maximum Gasteiger partial charge on any atom is 0.243 e. The molecule has 26 heavy (non-hydrogen) atoms. The zero-order valence-electron chi connectivity index (χ0n) is 15.4. The van der Waals surface area contributed by atoms with E-state index in [1.807, 2.05) is 6.92 Å². The fourth-order valence-electron chi connectivity index (χ4n) is 2.95. The van der Waals surface area contributed by atoms with Crippen LogP contribution in [0.2, 0.25) is 0 Å². The number of rotatable bonds is 9. The first-order valence-electron chi connectivity index (χ1n) is 8.98. The summed E-state index contributed by atoms with van der Waals surface area (Å²) < 4.78 is 37.2. The van der Waals surface area contributed by atoms with E-state index in [9.17, 15) is 13.2 Å². The summed E-state index contributed by atoms with van der Waals surface area (Å²) in [5.74, 6) is 0.513. The van der Waals surface area contributed by atoms with Crippen LogP contribution in [-0.4, -0.2) is 58.6 Å². The minimum Gasteiger partial charge on any atom is -0.494 e. The van der Waals surface area contributed by atoms with Crippen LogP contribution in [0.3, 0.4) is 0 Å². The molecule has 0 aromatic heterocycles. The molecule has 1 aromatic rings. The van der Waals surface area contributed by atoms with E-state index in [4.69, 9.17) is 9.47 Å². The molecular weight excluding hydrogens is 356 g/mol. The van der Waals surface area contributed by atoms with Crippen LogP contribution in [0.4, 0.5) is 0 Å². The van der Waals surface area contributed by atoms with Crippen molar-refractivity contribution in [1.29, 1.82) is 0 Å². The molecule has 8 heteroatoms. The van der Waals surface area contributed by atoms with E-state index < -0.39 is 10.0 Å². The summed E-state index contributed by atoms with van der Waals surface area (Å²) in [6.45, 7) is 4.31. The molecule has 2 rings (SSSR count). The molecule has 146 valence electrons. The molecule has 1 fully saturated rings. The van der Waals surface area contributed by atoms with Crippen molar-refractivity contribution in [3.8, 4) is 5.75 Å². The summed E-state index contributed by atoms with van der Waals surface area (Å²) in [6.07, 6.45) is 1.84. The van der Waals surface area contributed by atoms with Gasteiger partial charge in [0.05, 0.1) is 11.5 Å². The van der Waals surface area contributed by atoms with E-state index in [0.29, 0.717) is 51.4 Å². The highest BCUT2D eigenvalue weighted by atomic mass is 32.2. The standard InChI is InChI=1S/C18H28N2O5S/c1-3-25-16-5-7-17(8-6-16)26(22,23)20-12-9-15(10-13-20)18(21)19-11-4-14-24-2/h5-8,15H,3-4,9-14H2,1-2H3,(H,19,21). The lowest BCUT2D eigenvalue weighted by Gasteiger charge is -2.30. The van der Waals surface area contributed by atoms with Crippen molar-refractivity contribution in [2.24, 2.45) is 5.92 Å². The van der Waals surface area contributed by atoms with Gasteiger partial charge in [0, 0.05) is 39.3 Å². The average Bonchev–Trinajstić information content (AvgIpc) is 2.66. The molecule has 1 amide bonds. The molecule has 1 N–H and O–H groups in total. The summed E-state index contributed by atoms with van der Waals surface area (Å²) in [5.41, 5.74) is 0. The van der Waals surface area contributed by atoms with Gasteiger partial charge in [0.15, 0.2) is 0 Å². The molecule has 0 atom stereocenters. The average molecular weight is 384 g/mol. The van der Waals surface area contributed by atoms with Crippen LogP contribution in [0, 0.1) is 5.92 Å². The lowest BCUT2D eigenvalue weighted by molar-refractivity contribution is -0.126. The quantitative estimate of drug-likeness (QED) is 0.654. The maximum atomic E-state index is 12.7. The van der Waals surface area contributed by atoms with Gasteiger partial charge >= 0.3 is 0 Å². The van der Waals surface area contributed by atoms with Crippen molar-refractivity contribution < 1.29 is 22.7 Å². The number of amides is 1. The Kier molecular flexibility index (Phi) is 7.86. The van der Waals surface area contributed by atoms with Crippen LogP contribution < -0.4 is 10.1 Å². The first-order valence-corrected chi connectivity index (χ1v) is 10.4. The second-order valence-corrected chi connectivity index (χ2v) is 8.16. The zero-order valence-corrected chi connectivity index (χ0v) is 16.3. The number of carbonyl (C=O) groups is 1. The van der Waals surface area contributed by atoms with Crippen LogP contribution in [-0.2, 0) is 19.6 Å². The number of benzene rings is 1. The van der Waals surface area contributed by atoms with Crippen LogP contribution in [0.5, 0.6) is 5.75 Å². The fourth-order valence-corrected chi connectivity index (χ4v) is 4.42. The van der Waals surface area contributed by atoms with Crippen LogP contribution in [0.25, 0.3) is 0 Å². The summed E-state index contributed by atoms with van der Waals surface area (Å²) >= 11 is 0. The maximum absolute atomic E-state index is 12.7. The Morgan fingerprint density at radius 2 is 1.88 bits per heavy atom. The number of ether oxygens (including phenoxy) is 2. The predicted molar refractivity (Wildman–Crippen MR) is 98.6 cm³/mol. The Labute approximate surface area is 155 Å². The highest BCUT2D eigenvalue weighted by Gasteiger charge is 2.31. The third-order valence-corrected chi connectivity index (χ3v) is 6.33. The largest absolute Gasteiger partial charge is 0.494 e. The normalized spacial score (nSPS) is 16.4. The van der Waals surface area contributed by atoms with E-state index in [1.54, 1.807) is 31.4 Å². The monoisotopic (exact) mass is 384 g/mol.